The van der Waals surface area contributed by atoms with E-state index in [9.17, 15) is 31.9 Å². The van der Waals surface area contributed by atoms with Crippen LogP contribution in [0.2, 0.25) is 0 Å². The van der Waals surface area contributed by atoms with Gasteiger partial charge in [-0.2, -0.15) is 0 Å². The van der Waals surface area contributed by atoms with Gasteiger partial charge in [-0.1, -0.05) is 11.3 Å². The first kappa shape index (κ1) is 23.3. The molecule has 1 amide bonds. The molecule has 35 heavy (non-hydrogen) atoms. The molecule has 10 nitrogen and oxygen atoms in total. The summed E-state index contributed by atoms with van der Waals surface area (Å²) in [6, 6.07) is 1.11. The van der Waals surface area contributed by atoms with Crippen molar-refractivity contribution in [2.75, 3.05) is 18.4 Å². The number of halogens is 4. The fourth-order valence-corrected chi connectivity index (χ4v) is 4.90. The first-order chi connectivity index (χ1) is 16.4. The highest BCUT2D eigenvalue weighted by atomic mass is 32.1. The number of alkyl halides is 4. The van der Waals surface area contributed by atoms with Crippen LogP contribution >= 0.6 is 11.3 Å². The van der Waals surface area contributed by atoms with Crippen LogP contribution in [-0.4, -0.2) is 56.7 Å². The second-order valence-corrected chi connectivity index (χ2v) is 9.19. The highest BCUT2D eigenvalue weighted by Gasteiger charge is 2.47. The normalized spacial score (nSPS) is 21.7. The maximum absolute atomic E-state index is 14.6. The lowest BCUT2D eigenvalue weighted by molar-refractivity contribution is -0.286. The van der Waals surface area contributed by atoms with E-state index in [-0.39, 0.29) is 29.7 Å². The predicted molar refractivity (Wildman–Crippen MR) is 115 cm³/mol. The van der Waals surface area contributed by atoms with Crippen LogP contribution in [0.4, 0.5) is 22.7 Å². The van der Waals surface area contributed by atoms with Gasteiger partial charge in [-0.3, -0.25) is 24.0 Å². The average Bonchev–Trinajstić information content (AvgIpc) is 3.28. The number of thiazole rings is 1. The van der Waals surface area contributed by atoms with Crippen molar-refractivity contribution < 1.29 is 31.8 Å². The number of hydrogen-bond acceptors (Lipinski definition) is 8. The van der Waals surface area contributed by atoms with Gasteiger partial charge < -0.3 is 14.8 Å². The van der Waals surface area contributed by atoms with E-state index in [1.165, 1.54) is 24.0 Å². The van der Waals surface area contributed by atoms with Crippen molar-refractivity contribution in [1.82, 2.24) is 19.4 Å². The number of amides is 1. The van der Waals surface area contributed by atoms with Gasteiger partial charge in [-0.05, 0) is 6.92 Å². The van der Waals surface area contributed by atoms with Crippen molar-refractivity contribution in [1.29, 1.82) is 0 Å². The molecule has 2 N–H and O–H groups in total. The molecule has 0 spiro atoms. The molecule has 1 aromatic carbocycles. The van der Waals surface area contributed by atoms with Crippen LogP contribution in [0.15, 0.2) is 34.0 Å². The number of piperidine rings is 1. The average molecular weight is 515 g/mol. The molecule has 2 aliphatic rings. The minimum absolute atomic E-state index is 0.106. The number of nitrogens with zero attached hydrogens (tertiary/aromatic N) is 3. The van der Waals surface area contributed by atoms with E-state index in [4.69, 9.17) is 0 Å². The molecule has 2 aliphatic heterocycles. The summed E-state index contributed by atoms with van der Waals surface area (Å²) in [6.07, 6.45) is -3.35. The maximum Gasteiger partial charge on any atom is 0.586 e. The highest BCUT2D eigenvalue weighted by molar-refractivity contribution is 7.22. The molecular weight excluding hydrogens is 498 g/mol. The number of carbonyl (C=O) groups is 1. The predicted octanol–water partition coefficient (Wildman–Crippen LogP) is 2.38. The number of nitrogens with one attached hydrogen (secondary N) is 2. The molecular formula is C20H17F4N5O5S. The van der Waals surface area contributed by atoms with Gasteiger partial charge >= 0.3 is 12.0 Å². The van der Waals surface area contributed by atoms with Gasteiger partial charge in [0, 0.05) is 43.9 Å². The van der Waals surface area contributed by atoms with Crippen molar-refractivity contribution in [2.45, 2.75) is 37.6 Å². The summed E-state index contributed by atoms with van der Waals surface area (Å²) in [5, 5.41) is 2.78. The summed E-state index contributed by atoms with van der Waals surface area (Å²) < 4.78 is 65.8. The Labute approximate surface area is 197 Å². The molecule has 3 aromatic rings. The first-order valence-corrected chi connectivity index (χ1v) is 11.2. The maximum atomic E-state index is 14.6. The largest absolute Gasteiger partial charge is 0.586 e. The molecule has 1 fully saturated rings. The SMILES string of the molecule is CC(C(=O)Nc1nc2cc3c(cc2s1)OC(F)(F)O3)N1CCC(F)(F)C(n2ccc(=O)[nH]c2=O)C1. The molecule has 0 radical (unpaired) electrons. The fourth-order valence-electron chi connectivity index (χ4n) is 4.02. The Morgan fingerprint density at radius 1 is 1.26 bits per heavy atom. The number of anilines is 1. The van der Waals surface area contributed by atoms with Crippen LogP contribution in [0.5, 0.6) is 11.5 Å². The van der Waals surface area contributed by atoms with E-state index >= 15 is 0 Å². The highest BCUT2D eigenvalue weighted by Crippen LogP contribution is 2.44. The summed E-state index contributed by atoms with van der Waals surface area (Å²) in [4.78, 5) is 43.9. The van der Waals surface area contributed by atoms with Gasteiger partial charge in [-0.15, -0.1) is 8.78 Å². The van der Waals surface area contributed by atoms with E-state index in [0.29, 0.717) is 10.2 Å². The zero-order valence-electron chi connectivity index (χ0n) is 17.9. The first-order valence-electron chi connectivity index (χ1n) is 10.4. The molecule has 5 rings (SSSR count). The standard InChI is InChI=1S/C20H17F4N5O5S/c1-9(28-5-3-19(21,22)14(8-28)29-4-2-15(30)26-18(29)32)16(31)27-17-25-10-6-11-12(7-13(10)35-17)34-20(23,24)33-11/h2,4,6-7,9,14H,3,5,8H2,1H3,(H,25,27,31)(H,26,30,32). The second kappa shape index (κ2) is 8.05. The molecule has 0 bridgehead atoms. The molecule has 2 atom stereocenters. The van der Waals surface area contributed by atoms with Gasteiger partial charge in [-0.25, -0.2) is 18.6 Å². The number of fused-ring (bicyclic) bond motifs is 2. The fraction of sp³-hybridized carbons (Fsp3) is 0.400. The Bertz CT molecular complexity index is 1390. The molecule has 4 heterocycles. The number of aromatic nitrogens is 3. The van der Waals surface area contributed by atoms with Crippen LogP contribution in [0.25, 0.3) is 10.2 Å². The van der Waals surface area contributed by atoms with Crippen molar-refractivity contribution in [3.63, 3.8) is 0 Å². The number of H-pyrrole nitrogens is 1. The van der Waals surface area contributed by atoms with Gasteiger partial charge in [0.05, 0.1) is 16.3 Å². The van der Waals surface area contributed by atoms with Gasteiger partial charge in [0.15, 0.2) is 16.6 Å². The van der Waals surface area contributed by atoms with Gasteiger partial charge in [0.25, 0.3) is 11.5 Å². The number of ether oxygens (including phenoxy) is 2. The minimum Gasteiger partial charge on any atom is -0.395 e. The van der Waals surface area contributed by atoms with Crippen molar-refractivity contribution in [3.8, 4) is 11.5 Å². The molecule has 186 valence electrons. The number of rotatable bonds is 4. The summed E-state index contributed by atoms with van der Waals surface area (Å²) in [7, 11) is 0. The van der Waals surface area contributed by atoms with Gasteiger partial charge in [0.2, 0.25) is 5.91 Å². The van der Waals surface area contributed by atoms with Gasteiger partial charge in [0.1, 0.15) is 6.04 Å². The van der Waals surface area contributed by atoms with E-state index in [2.05, 4.69) is 19.8 Å². The molecule has 2 unspecified atom stereocenters. The van der Waals surface area contributed by atoms with Crippen LogP contribution in [0, 0.1) is 0 Å². The van der Waals surface area contributed by atoms with Crippen LogP contribution < -0.4 is 26.0 Å². The monoisotopic (exact) mass is 515 g/mol. The molecule has 0 aliphatic carbocycles. The summed E-state index contributed by atoms with van der Waals surface area (Å²) in [6.45, 7) is 1.10. The van der Waals surface area contributed by atoms with E-state index in [0.717, 1.165) is 28.2 Å². The second-order valence-electron chi connectivity index (χ2n) is 8.16. The Balaban J connectivity index is 1.32. The van der Waals surface area contributed by atoms with Crippen LogP contribution in [0.3, 0.4) is 0 Å². The molecule has 0 saturated carbocycles. The zero-order valence-corrected chi connectivity index (χ0v) is 18.7. The summed E-state index contributed by atoms with van der Waals surface area (Å²) >= 11 is 1.02. The Kier molecular flexibility index (Phi) is 5.36. The number of benzene rings is 1. The van der Waals surface area contributed by atoms with Crippen LogP contribution in [0.1, 0.15) is 19.4 Å². The number of aromatic amines is 1. The van der Waals surface area contributed by atoms with Crippen molar-refractivity contribution in [2.24, 2.45) is 0 Å². The molecule has 2 aromatic heterocycles. The lowest BCUT2D eigenvalue weighted by Gasteiger charge is -2.40. The van der Waals surface area contributed by atoms with Crippen molar-refractivity contribution >= 4 is 32.6 Å². The van der Waals surface area contributed by atoms with E-state index < -0.39 is 47.9 Å². The van der Waals surface area contributed by atoms with Crippen LogP contribution in [-0.2, 0) is 4.79 Å². The van der Waals surface area contributed by atoms with E-state index in [1.807, 2.05) is 4.98 Å². The third-order valence-electron chi connectivity index (χ3n) is 5.88. The lowest BCUT2D eigenvalue weighted by Crippen LogP contribution is -2.55. The Morgan fingerprint density at radius 2 is 1.97 bits per heavy atom. The number of carbonyl (C=O) groups excluding carboxylic acids is 1. The Morgan fingerprint density at radius 3 is 2.69 bits per heavy atom. The summed E-state index contributed by atoms with van der Waals surface area (Å²) in [5.74, 6) is -4.11. The summed E-state index contributed by atoms with van der Waals surface area (Å²) in [5.41, 5.74) is -1.37. The molecule has 15 heteroatoms. The molecule has 1 saturated heterocycles. The van der Waals surface area contributed by atoms with E-state index in [1.54, 1.807) is 0 Å². The topological polar surface area (TPSA) is 119 Å². The quantitative estimate of drug-likeness (QED) is 0.513. The third kappa shape index (κ3) is 4.36. The third-order valence-corrected chi connectivity index (χ3v) is 6.82. The number of likely N-dealkylation sites (tertiary alicyclic amines) is 1. The van der Waals surface area contributed by atoms with Crippen molar-refractivity contribution in [3.05, 3.63) is 45.2 Å². The number of hydrogen-bond donors (Lipinski definition) is 2. The zero-order chi connectivity index (χ0) is 25.1. The minimum atomic E-state index is -3.76. The Hall–Kier alpha value is -3.46. The lowest BCUT2D eigenvalue weighted by atomic mass is 9.99. The smallest absolute Gasteiger partial charge is 0.395 e.